The maximum absolute atomic E-state index is 12.6. The Balaban J connectivity index is 1.68. The summed E-state index contributed by atoms with van der Waals surface area (Å²) in [5.41, 5.74) is 6.77. The van der Waals surface area contributed by atoms with E-state index in [0.717, 1.165) is 10.6 Å². The van der Waals surface area contributed by atoms with Gasteiger partial charge < -0.3 is 4.74 Å². The first kappa shape index (κ1) is 18.6. The summed E-state index contributed by atoms with van der Waals surface area (Å²) in [6, 6.07) is 16.2. The van der Waals surface area contributed by atoms with Crippen molar-refractivity contribution in [2.75, 3.05) is 6.61 Å². The molecule has 0 unspecified atom stereocenters. The van der Waals surface area contributed by atoms with Gasteiger partial charge >= 0.3 is 0 Å². The molecule has 1 heterocycles. The topological polar surface area (TPSA) is 80.3 Å². The average Bonchev–Trinajstić information content (AvgIpc) is 3.09. The van der Waals surface area contributed by atoms with Crippen LogP contribution in [0.1, 0.15) is 32.0 Å². The van der Waals surface area contributed by atoms with E-state index in [2.05, 4.69) is 15.8 Å². The van der Waals surface area contributed by atoms with Crippen LogP contribution in [0.2, 0.25) is 0 Å². The quantitative estimate of drug-likeness (QED) is 0.662. The van der Waals surface area contributed by atoms with Crippen LogP contribution in [0.25, 0.3) is 11.3 Å². The van der Waals surface area contributed by atoms with Crippen LogP contribution in [0, 0.1) is 6.92 Å². The predicted molar refractivity (Wildman–Crippen MR) is 105 cm³/mol. The molecule has 0 spiro atoms. The SMILES string of the molecule is CCOc1ccc(C(=O)NNC(=O)c2sc(C)nc2-c2ccccc2)cc1. The lowest BCUT2D eigenvalue weighted by molar-refractivity contribution is 0.0849. The summed E-state index contributed by atoms with van der Waals surface area (Å²) in [7, 11) is 0. The number of carbonyl (C=O) groups excluding carboxylic acids is 2. The molecule has 0 fully saturated rings. The third-order valence-electron chi connectivity index (χ3n) is 3.70. The molecule has 0 radical (unpaired) electrons. The summed E-state index contributed by atoms with van der Waals surface area (Å²) in [6.45, 7) is 4.28. The molecule has 27 heavy (non-hydrogen) atoms. The standard InChI is InChI=1S/C20H19N3O3S/c1-3-26-16-11-9-15(10-12-16)19(24)22-23-20(25)18-17(21-13(2)27-18)14-7-5-4-6-8-14/h4-12H,3H2,1-2H3,(H,22,24)(H,23,25). The molecule has 2 aromatic carbocycles. The lowest BCUT2D eigenvalue weighted by Gasteiger charge is -2.08. The molecule has 0 bridgehead atoms. The van der Waals surface area contributed by atoms with Crippen LogP contribution in [-0.2, 0) is 0 Å². The smallest absolute Gasteiger partial charge is 0.282 e. The number of thiazole rings is 1. The van der Waals surface area contributed by atoms with E-state index in [1.54, 1.807) is 24.3 Å². The number of ether oxygens (including phenoxy) is 1. The molecule has 0 aliphatic rings. The van der Waals surface area contributed by atoms with Crippen LogP contribution in [0.15, 0.2) is 54.6 Å². The van der Waals surface area contributed by atoms with Crippen molar-refractivity contribution in [1.29, 1.82) is 0 Å². The van der Waals surface area contributed by atoms with E-state index in [1.807, 2.05) is 44.2 Å². The normalized spacial score (nSPS) is 10.3. The minimum Gasteiger partial charge on any atom is -0.494 e. The van der Waals surface area contributed by atoms with Crippen molar-refractivity contribution in [3.63, 3.8) is 0 Å². The van der Waals surface area contributed by atoms with Gasteiger partial charge in [-0.2, -0.15) is 0 Å². The van der Waals surface area contributed by atoms with Crippen LogP contribution in [0.5, 0.6) is 5.75 Å². The Labute approximate surface area is 161 Å². The number of carbonyl (C=O) groups is 2. The van der Waals surface area contributed by atoms with E-state index < -0.39 is 11.8 Å². The monoisotopic (exact) mass is 381 g/mol. The zero-order chi connectivity index (χ0) is 19.2. The fourth-order valence-corrected chi connectivity index (χ4v) is 3.32. The van der Waals surface area contributed by atoms with Gasteiger partial charge in [0.15, 0.2) is 0 Å². The zero-order valence-electron chi connectivity index (χ0n) is 15.0. The van der Waals surface area contributed by atoms with Crippen molar-refractivity contribution >= 4 is 23.2 Å². The van der Waals surface area contributed by atoms with Gasteiger partial charge in [0.1, 0.15) is 10.6 Å². The number of nitrogens with one attached hydrogen (secondary N) is 2. The first-order valence-corrected chi connectivity index (χ1v) is 9.26. The minimum absolute atomic E-state index is 0.404. The number of nitrogens with zero attached hydrogens (tertiary/aromatic N) is 1. The second-order valence-electron chi connectivity index (χ2n) is 5.64. The minimum atomic E-state index is -0.408. The van der Waals surface area contributed by atoms with Gasteiger partial charge in [-0.1, -0.05) is 30.3 Å². The van der Waals surface area contributed by atoms with Gasteiger partial charge in [0.25, 0.3) is 11.8 Å². The Bertz CT molecular complexity index is 937. The Morgan fingerprint density at radius 2 is 1.67 bits per heavy atom. The van der Waals surface area contributed by atoms with Crippen molar-refractivity contribution in [3.8, 4) is 17.0 Å². The molecule has 1 aromatic heterocycles. The Morgan fingerprint density at radius 1 is 1.00 bits per heavy atom. The van der Waals surface area contributed by atoms with Crippen LogP contribution in [0.3, 0.4) is 0 Å². The predicted octanol–water partition coefficient (Wildman–Crippen LogP) is 3.59. The number of aromatic nitrogens is 1. The number of benzene rings is 2. The molecule has 7 heteroatoms. The fraction of sp³-hybridized carbons (Fsp3) is 0.150. The van der Waals surface area contributed by atoms with Gasteiger partial charge in [0, 0.05) is 11.1 Å². The molecule has 0 aliphatic heterocycles. The molecule has 2 N–H and O–H groups in total. The highest BCUT2D eigenvalue weighted by Crippen LogP contribution is 2.27. The van der Waals surface area contributed by atoms with E-state index in [-0.39, 0.29) is 0 Å². The second kappa shape index (κ2) is 8.46. The average molecular weight is 381 g/mol. The molecule has 3 aromatic rings. The van der Waals surface area contributed by atoms with E-state index in [1.165, 1.54) is 11.3 Å². The van der Waals surface area contributed by atoms with Gasteiger partial charge in [0.05, 0.1) is 17.3 Å². The van der Waals surface area contributed by atoms with Crippen LogP contribution in [0.4, 0.5) is 0 Å². The lowest BCUT2D eigenvalue weighted by atomic mass is 10.1. The first-order valence-electron chi connectivity index (χ1n) is 8.45. The van der Waals surface area contributed by atoms with Crippen LogP contribution >= 0.6 is 11.3 Å². The van der Waals surface area contributed by atoms with E-state index >= 15 is 0 Å². The molecule has 0 aliphatic carbocycles. The molecule has 6 nitrogen and oxygen atoms in total. The summed E-state index contributed by atoms with van der Waals surface area (Å²) in [6.07, 6.45) is 0. The summed E-state index contributed by atoms with van der Waals surface area (Å²) in [4.78, 5) is 29.7. The number of hydrogen-bond donors (Lipinski definition) is 2. The van der Waals surface area contributed by atoms with Crippen molar-refractivity contribution < 1.29 is 14.3 Å². The fourth-order valence-electron chi connectivity index (χ4n) is 2.48. The highest BCUT2D eigenvalue weighted by Gasteiger charge is 2.18. The van der Waals surface area contributed by atoms with Gasteiger partial charge in [-0.3, -0.25) is 20.4 Å². The van der Waals surface area contributed by atoms with E-state index in [9.17, 15) is 9.59 Å². The number of hydrogen-bond acceptors (Lipinski definition) is 5. The Hall–Kier alpha value is -3.19. The molecule has 0 saturated heterocycles. The molecular formula is C20H19N3O3S. The maximum atomic E-state index is 12.6. The van der Waals surface area contributed by atoms with Gasteiger partial charge in [-0.05, 0) is 38.1 Å². The summed E-state index contributed by atoms with van der Waals surface area (Å²) in [5.74, 6) is -0.127. The number of amides is 2. The highest BCUT2D eigenvalue weighted by molar-refractivity contribution is 7.14. The summed E-state index contributed by atoms with van der Waals surface area (Å²) >= 11 is 1.28. The molecule has 138 valence electrons. The number of hydrazine groups is 1. The third kappa shape index (κ3) is 4.51. The first-order chi connectivity index (χ1) is 13.1. The molecule has 2 amide bonds. The van der Waals surface area contributed by atoms with Crippen molar-refractivity contribution in [2.45, 2.75) is 13.8 Å². The zero-order valence-corrected chi connectivity index (χ0v) is 15.8. The largest absolute Gasteiger partial charge is 0.494 e. The lowest BCUT2D eigenvalue weighted by Crippen LogP contribution is -2.41. The van der Waals surface area contributed by atoms with Gasteiger partial charge in [-0.25, -0.2) is 4.98 Å². The highest BCUT2D eigenvalue weighted by atomic mass is 32.1. The van der Waals surface area contributed by atoms with Crippen molar-refractivity contribution in [2.24, 2.45) is 0 Å². The molecule has 0 saturated carbocycles. The van der Waals surface area contributed by atoms with Crippen molar-refractivity contribution in [3.05, 3.63) is 70.0 Å². The van der Waals surface area contributed by atoms with Crippen LogP contribution in [-0.4, -0.2) is 23.4 Å². The maximum Gasteiger partial charge on any atom is 0.282 e. The summed E-state index contributed by atoms with van der Waals surface area (Å²) in [5, 5.41) is 0.775. The molecular weight excluding hydrogens is 362 g/mol. The van der Waals surface area contributed by atoms with E-state index in [0.29, 0.717) is 28.5 Å². The van der Waals surface area contributed by atoms with Gasteiger partial charge in [-0.15, -0.1) is 11.3 Å². The Morgan fingerprint density at radius 3 is 2.33 bits per heavy atom. The second-order valence-corrected chi connectivity index (χ2v) is 6.85. The van der Waals surface area contributed by atoms with Crippen molar-refractivity contribution in [1.82, 2.24) is 15.8 Å². The van der Waals surface area contributed by atoms with Crippen LogP contribution < -0.4 is 15.6 Å². The van der Waals surface area contributed by atoms with Gasteiger partial charge in [0.2, 0.25) is 0 Å². The Kier molecular flexibility index (Phi) is 5.83. The summed E-state index contributed by atoms with van der Waals surface area (Å²) < 4.78 is 5.35. The third-order valence-corrected chi connectivity index (χ3v) is 4.67. The number of aryl methyl sites for hydroxylation is 1. The van der Waals surface area contributed by atoms with E-state index in [4.69, 9.17) is 4.74 Å². The molecule has 0 atom stereocenters. The number of rotatable bonds is 5. The molecule has 3 rings (SSSR count).